The van der Waals surface area contributed by atoms with Crippen LogP contribution in [-0.4, -0.2) is 80.0 Å². The monoisotopic (exact) mass is 338 g/mol. The molecule has 0 aromatic heterocycles. The maximum Gasteiger partial charge on any atom is 0.317 e. The van der Waals surface area contributed by atoms with Gasteiger partial charge in [-0.2, -0.15) is 0 Å². The Kier molecular flexibility index (Phi) is 6.90. The SMILES string of the molecule is CN(C)C(=O)CC1CCN(C(=O)N[C@@H]2CCC[C@H](N(C)C)C2)CC1. The van der Waals surface area contributed by atoms with E-state index in [0.29, 0.717) is 24.4 Å². The average Bonchev–Trinajstić information content (AvgIpc) is 2.55. The Morgan fingerprint density at radius 1 is 1.04 bits per heavy atom. The van der Waals surface area contributed by atoms with E-state index in [9.17, 15) is 9.59 Å². The maximum absolute atomic E-state index is 12.5. The highest BCUT2D eigenvalue weighted by Crippen LogP contribution is 2.23. The van der Waals surface area contributed by atoms with Crippen molar-refractivity contribution in [2.75, 3.05) is 41.3 Å². The Bertz CT molecular complexity index is 431. The molecule has 0 bridgehead atoms. The van der Waals surface area contributed by atoms with Crippen molar-refractivity contribution in [3.8, 4) is 0 Å². The summed E-state index contributed by atoms with van der Waals surface area (Å²) < 4.78 is 0. The van der Waals surface area contributed by atoms with Gasteiger partial charge in [0.25, 0.3) is 0 Å². The van der Waals surface area contributed by atoms with E-state index in [-0.39, 0.29) is 11.9 Å². The molecule has 0 aromatic carbocycles. The predicted octanol–water partition coefficient (Wildman–Crippen LogP) is 1.76. The summed E-state index contributed by atoms with van der Waals surface area (Å²) in [6.07, 6.45) is 7.01. The molecule has 138 valence electrons. The zero-order chi connectivity index (χ0) is 17.7. The lowest BCUT2D eigenvalue weighted by Gasteiger charge is -2.36. The third kappa shape index (κ3) is 5.36. The molecule has 1 saturated carbocycles. The topological polar surface area (TPSA) is 55.9 Å². The van der Waals surface area contributed by atoms with E-state index in [2.05, 4.69) is 24.3 Å². The lowest BCUT2D eigenvalue weighted by molar-refractivity contribution is -0.129. The fourth-order valence-electron chi connectivity index (χ4n) is 3.80. The number of carbonyl (C=O) groups is 2. The number of nitrogens with zero attached hydrogens (tertiary/aromatic N) is 3. The number of likely N-dealkylation sites (tertiary alicyclic amines) is 1. The molecular formula is C18H34N4O2. The quantitative estimate of drug-likeness (QED) is 0.850. The van der Waals surface area contributed by atoms with E-state index in [1.807, 2.05) is 4.90 Å². The first-order valence-electron chi connectivity index (χ1n) is 9.28. The molecule has 2 rings (SSSR count). The van der Waals surface area contributed by atoms with Crippen LogP contribution in [0, 0.1) is 5.92 Å². The first-order chi connectivity index (χ1) is 11.4. The van der Waals surface area contributed by atoms with Crippen LogP contribution in [0.2, 0.25) is 0 Å². The van der Waals surface area contributed by atoms with Crippen molar-refractivity contribution >= 4 is 11.9 Å². The molecule has 1 saturated heterocycles. The van der Waals surface area contributed by atoms with Crippen molar-refractivity contribution in [2.45, 2.75) is 57.0 Å². The molecule has 0 aromatic rings. The number of piperidine rings is 1. The lowest BCUT2D eigenvalue weighted by atomic mass is 9.90. The van der Waals surface area contributed by atoms with Crippen LogP contribution in [0.3, 0.4) is 0 Å². The molecule has 1 heterocycles. The highest BCUT2D eigenvalue weighted by molar-refractivity contribution is 5.76. The molecule has 2 aliphatic rings. The van der Waals surface area contributed by atoms with Crippen molar-refractivity contribution in [1.82, 2.24) is 20.0 Å². The highest BCUT2D eigenvalue weighted by atomic mass is 16.2. The molecule has 3 amide bonds. The number of amides is 3. The van der Waals surface area contributed by atoms with Crippen LogP contribution in [0.4, 0.5) is 4.79 Å². The molecule has 0 unspecified atom stereocenters. The summed E-state index contributed by atoms with van der Waals surface area (Å²) in [6, 6.07) is 0.954. The molecule has 2 atom stereocenters. The van der Waals surface area contributed by atoms with Crippen molar-refractivity contribution in [1.29, 1.82) is 0 Å². The second-order valence-electron chi connectivity index (χ2n) is 7.85. The lowest BCUT2D eigenvalue weighted by Crippen LogP contribution is -2.50. The molecule has 2 fully saturated rings. The summed E-state index contributed by atoms with van der Waals surface area (Å²) in [5.74, 6) is 0.603. The van der Waals surface area contributed by atoms with Crippen LogP contribution in [0.1, 0.15) is 44.9 Å². The van der Waals surface area contributed by atoms with Gasteiger partial charge in [0.1, 0.15) is 0 Å². The Morgan fingerprint density at radius 2 is 1.71 bits per heavy atom. The van der Waals surface area contributed by atoms with Gasteiger partial charge < -0.3 is 20.0 Å². The van der Waals surface area contributed by atoms with Crippen LogP contribution in [-0.2, 0) is 4.79 Å². The van der Waals surface area contributed by atoms with Gasteiger partial charge >= 0.3 is 6.03 Å². The normalized spacial score (nSPS) is 25.6. The maximum atomic E-state index is 12.5. The summed E-state index contributed by atoms with van der Waals surface area (Å²) in [4.78, 5) is 30.2. The molecular weight excluding hydrogens is 304 g/mol. The van der Waals surface area contributed by atoms with E-state index >= 15 is 0 Å². The molecule has 6 nitrogen and oxygen atoms in total. The van der Waals surface area contributed by atoms with Gasteiger partial charge in [-0.15, -0.1) is 0 Å². The summed E-state index contributed by atoms with van der Waals surface area (Å²) in [5, 5.41) is 3.23. The summed E-state index contributed by atoms with van der Waals surface area (Å²) in [5.41, 5.74) is 0. The predicted molar refractivity (Wildman–Crippen MR) is 95.9 cm³/mol. The van der Waals surface area contributed by atoms with Crippen molar-refractivity contribution < 1.29 is 9.59 Å². The van der Waals surface area contributed by atoms with Crippen LogP contribution in [0.5, 0.6) is 0 Å². The van der Waals surface area contributed by atoms with Gasteiger partial charge in [-0.05, 0) is 58.5 Å². The fourth-order valence-corrected chi connectivity index (χ4v) is 3.80. The molecule has 1 aliphatic carbocycles. The second-order valence-corrected chi connectivity index (χ2v) is 7.85. The summed E-state index contributed by atoms with van der Waals surface area (Å²) in [6.45, 7) is 1.53. The number of rotatable bonds is 4. The van der Waals surface area contributed by atoms with Crippen LogP contribution in [0.25, 0.3) is 0 Å². The van der Waals surface area contributed by atoms with Crippen molar-refractivity contribution in [2.24, 2.45) is 5.92 Å². The Morgan fingerprint density at radius 3 is 2.29 bits per heavy atom. The average molecular weight is 338 g/mol. The second kappa shape index (κ2) is 8.70. The number of nitrogens with one attached hydrogen (secondary N) is 1. The van der Waals surface area contributed by atoms with Gasteiger partial charge in [-0.1, -0.05) is 0 Å². The first kappa shape index (κ1) is 19.0. The fraction of sp³-hybridized carbons (Fsp3) is 0.889. The van der Waals surface area contributed by atoms with E-state index in [1.165, 1.54) is 12.8 Å². The van der Waals surface area contributed by atoms with E-state index < -0.39 is 0 Å². The van der Waals surface area contributed by atoms with Crippen molar-refractivity contribution in [3.63, 3.8) is 0 Å². The zero-order valence-electron chi connectivity index (χ0n) is 15.8. The largest absolute Gasteiger partial charge is 0.349 e. The van der Waals surface area contributed by atoms with Gasteiger partial charge in [-0.3, -0.25) is 4.79 Å². The van der Waals surface area contributed by atoms with Gasteiger partial charge in [-0.25, -0.2) is 4.79 Å². The Hall–Kier alpha value is -1.30. The summed E-state index contributed by atoms with van der Waals surface area (Å²) >= 11 is 0. The van der Waals surface area contributed by atoms with Crippen LogP contribution >= 0.6 is 0 Å². The van der Waals surface area contributed by atoms with Gasteiger partial charge in [0, 0.05) is 45.7 Å². The standard InChI is InChI=1S/C18H34N4O2/c1-20(2)16-7-5-6-15(13-16)19-18(24)22-10-8-14(9-11-22)12-17(23)21(3)4/h14-16H,5-13H2,1-4H3,(H,19,24)/t15-,16+/m1/s1. The Balaban J connectivity index is 1.73. The minimum absolute atomic E-state index is 0.0804. The molecule has 1 N–H and O–H groups in total. The molecule has 0 spiro atoms. The first-order valence-corrected chi connectivity index (χ1v) is 9.28. The van der Waals surface area contributed by atoms with Crippen LogP contribution in [0.15, 0.2) is 0 Å². The highest BCUT2D eigenvalue weighted by Gasteiger charge is 2.28. The number of carbonyl (C=O) groups excluding carboxylic acids is 2. The smallest absolute Gasteiger partial charge is 0.317 e. The number of hydrogen-bond donors (Lipinski definition) is 1. The van der Waals surface area contributed by atoms with Crippen molar-refractivity contribution in [3.05, 3.63) is 0 Å². The van der Waals surface area contributed by atoms with E-state index in [1.54, 1.807) is 19.0 Å². The number of hydrogen-bond acceptors (Lipinski definition) is 3. The Labute approximate surface area is 146 Å². The van der Waals surface area contributed by atoms with E-state index in [4.69, 9.17) is 0 Å². The minimum atomic E-state index is 0.0804. The molecule has 6 heteroatoms. The van der Waals surface area contributed by atoms with Gasteiger partial charge in [0.15, 0.2) is 0 Å². The molecule has 24 heavy (non-hydrogen) atoms. The van der Waals surface area contributed by atoms with E-state index in [0.717, 1.165) is 38.8 Å². The summed E-state index contributed by atoms with van der Waals surface area (Å²) in [7, 11) is 7.84. The van der Waals surface area contributed by atoms with Crippen LogP contribution < -0.4 is 5.32 Å². The number of urea groups is 1. The van der Waals surface area contributed by atoms with Gasteiger partial charge in [0.2, 0.25) is 5.91 Å². The minimum Gasteiger partial charge on any atom is -0.349 e. The third-order valence-electron chi connectivity index (χ3n) is 5.57. The molecule has 0 radical (unpaired) electrons. The zero-order valence-corrected chi connectivity index (χ0v) is 15.8. The molecule has 1 aliphatic heterocycles. The third-order valence-corrected chi connectivity index (χ3v) is 5.57. The van der Waals surface area contributed by atoms with Gasteiger partial charge in [0.05, 0.1) is 0 Å².